The molecule has 0 saturated carbocycles. The second-order valence-electron chi connectivity index (χ2n) is 9.69. The van der Waals surface area contributed by atoms with Gasteiger partial charge >= 0.3 is 0 Å². The zero-order chi connectivity index (χ0) is 24.4. The van der Waals surface area contributed by atoms with Gasteiger partial charge in [0, 0.05) is 32.4 Å². The van der Waals surface area contributed by atoms with Crippen LogP contribution in [0.1, 0.15) is 54.5 Å². The lowest BCUT2D eigenvalue weighted by Crippen LogP contribution is -2.48. The van der Waals surface area contributed by atoms with Crippen LogP contribution >= 0.6 is 0 Å². The summed E-state index contributed by atoms with van der Waals surface area (Å²) in [7, 11) is 0. The van der Waals surface area contributed by atoms with Crippen molar-refractivity contribution in [3.63, 3.8) is 0 Å². The molecule has 0 aliphatic carbocycles. The quantitative estimate of drug-likeness (QED) is 0.624. The SMILES string of the molecule is CCOc1ccc([C@H]2CC(c3ccc(C)c(C)c3)=NN2C(=O)CN2CCC3(CC2)OCCO3)cc1. The van der Waals surface area contributed by atoms with Crippen LogP contribution in [-0.4, -0.2) is 66.8 Å². The van der Waals surface area contributed by atoms with Crippen LogP contribution < -0.4 is 4.74 Å². The first-order valence-electron chi connectivity index (χ1n) is 12.7. The largest absolute Gasteiger partial charge is 0.494 e. The van der Waals surface area contributed by atoms with Gasteiger partial charge in [-0.15, -0.1) is 0 Å². The second kappa shape index (κ2) is 10.1. The predicted molar refractivity (Wildman–Crippen MR) is 135 cm³/mol. The zero-order valence-electron chi connectivity index (χ0n) is 21.0. The van der Waals surface area contributed by atoms with Crippen molar-refractivity contribution in [3.8, 4) is 5.75 Å². The number of hydrazone groups is 1. The molecule has 2 aromatic rings. The first kappa shape index (κ1) is 24.0. The number of ether oxygens (including phenoxy) is 3. The van der Waals surface area contributed by atoms with Crippen molar-refractivity contribution in [1.82, 2.24) is 9.91 Å². The predicted octanol–water partition coefficient (Wildman–Crippen LogP) is 4.22. The standard InChI is InChI=1S/C28H35N3O4/c1-4-33-24-9-7-22(8-10-24)26-18-25(23-6-5-20(2)21(3)17-23)29-31(26)27(32)19-30-13-11-28(12-14-30)34-15-16-35-28/h5-10,17,26H,4,11-16,18-19H2,1-3H3/t26-/m1/s1. The van der Waals surface area contributed by atoms with Crippen LogP contribution in [0.15, 0.2) is 47.6 Å². The lowest BCUT2D eigenvalue weighted by Gasteiger charge is -2.37. The van der Waals surface area contributed by atoms with E-state index in [9.17, 15) is 4.79 Å². The van der Waals surface area contributed by atoms with E-state index < -0.39 is 5.79 Å². The maximum Gasteiger partial charge on any atom is 0.257 e. The molecule has 2 fully saturated rings. The number of benzene rings is 2. The molecule has 35 heavy (non-hydrogen) atoms. The highest BCUT2D eigenvalue weighted by Gasteiger charge is 2.41. The number of carbonyl (C=O) groups excluding carboxylic acids is 1. The maximum absolute atomic E-state index is 13.6. The molecule has 1 spiro atoms. The van der Waals surface area contributed by atoms with Crippen LogP contribution in [0.3, 0.4) is 0 Å². The van der Waals surface area contributed by atoms with E-state index in [4.69, 9.17) is 19.3 Å². The molecule has 7 heteroatoms. The Bertz CT molecular complexity index is 1080. The number of hydrogen-bond donors (Lipinski definition) is 0. The summed E-state index contributed by atoms with van der Waals surface area (Å²) < 4.78 is 17.3. The van der Waals surface area contributed by atoms with Crippen molar-refractivity contribution in [2.75, 3.05) is 39.5 Å². The second-order valence-corrected chi connectivity index (χ2v) is 9.69. The molecule has 186 valence electrons. The fraction of sp³-hybridized carbons (Fsp3) is 0.500. The molecule has 7 nitrogen and oxygen atoms in total. The molecule has 0 aromatic heterocycles. The fourth-order valence-corrected chi connectivity index (χ4v) is 5.15. The molecular formula is C28H35N3O4. The average Bonchev–Trinajstić information content (AvgIpc) is 3.51. The van der Waals surface area contributed by atoms with E-state index in [1.165, 1.54) is 11.1 Å². The Morgan fingerprint density at radius 3 is 2.43 bits per heavy atom. The number of likely N-dealkylation sites (tertiary alicyclic amines) is 1. The Morgan fingerprint density at radius 2 is 1.77 bits per heavy atom. The molecule has 3 aliphatic heterocycles. The monoisotopic (exact) mass is 477 g/mol. The smallest absolute Gasteiger partial charge is 0.257 e. The van der Waals surface area contributed by atoms with Gasteiger partial charge < -0.3 is 14.2 Å². The molecule has 1 atom stereocenters. The van der Waals surface area contributed by atoms with E-state index in [0.29, 0.717) is 32.8 Å². The molecule has 0 radical (unpaired) electrons. The molecule has 1 amide bonds. The molecule has 0 unspecified atom stereocenters. The van der Waals surface area contributed by atoms with Gasteiger partial charge in [-0.05, 0) is 61.2 Å². The van der Waals surface area contributed by atoms with E-state index in [-0.39, 0.29) is 11.9 Å². The molecule has 2 saturated heterocycles. The van der Waals surface area contributed by atoms with Gasteiger partial charge in [0.15, 0.2) is 5.79 Å². The first-order valence-corrected chi connectivity index (χ1v) is 12.7. The molecule has 3 aliphatic rings. The Labute approximate surface area is 207 Å². The van der Waals surface area contributed by atoms with Crippen molar-refractivity contribution in [1.29, 1.82) is 0 Å². The minimum atomic E-state index is -0.438. The van der Waals surface area contributed by atoms with Crippen molar-refractivity contribution < 1.29 is 19.0 Å². The third kappa shape index (κ3) is 5.13. The van der Waals surface area contributed by atoms with Crippen LogP contribution in [0.25, 0.3) is 0 Å². The highest BCUT2D eigenvalue weighted by molar-refractivity contribution is 6.03. The van der Waals surface area contributed by atoms with Gasteiger partial charge in [0.2, 0.25) is 0 Å². The molecular weight excluding hydrogens is 442 g/mol. The average molecular weight is 478 g/mol. The Balaban J connectivity index is 1.35. The van der Waals surface area contributed by atoms with Crippen molar-refractivity contribution in [2.45, 2.75) is 51.9 Å². The van der Waals surface area contributed by atoms with Crippen LogP contribution in [0.2, 0.25) is 0 Å². The molecule has 5 rings (SSSR count). The summed E-state index contributed by atoms with van der Waals surface area (Å²) in [6.45, 7) is 10.0. The number of nitrogens with zero attached hydrogens (tertiary/aromatic N) is 3. The summed E-state index contributed by atoms with van der Waals surface area (Å²) in [5, 5.41) is 6.58. The van der Waals surface area contributed by atoms with Gasteiger partial charge in [0.1, 0.15) is 5.75 Å². The number of hydrogen-bond acceptors (Lipinski definition) is 6. The number of piperidine rings is 1. The van der Waals surface area contributed by atoms with E-state index >= 15 is 0 Å². The topological polar surface area (TPSA) is 63.6 Å². The third-order valence-electron chi connectivity index (χ3n) is 7.37. The summed E-state index contributed by atoms with van der Waals surface area (Å²) >= 11 is 0. The normalized spacial score (nSPS) is 22.0. The van der Waals surface area contributed by atoms with Gasteiger partial charge in [0.25, 0.3) is 5.91 Å². The van der Waals surface area contributed by atoms with E-state index in [0.717, 1.165) is 48.5 Å². The molecule has 3 heterocycles. The molecule has 0 N–H and O–H groups in total. The van der Waals surface area contributed by atoms with Crippen molar-refractivity contribution in [2.24, 2.45) is 5.10 Å². The van der Waals surface area contributed by atoms with Crippen molar-refractivity contribution in [3.05, 3.63) is 64.7 Å². The summed E-state index contributed by atoms with van der Waals surface area (Å²) in [5.74, 6) is 0.417. The number of rotatable bonds is 6. The molecule has 0 bridgehead atoms. The van der Waals surface area contributed by atoms with Gasteiger partial charge in [-0.2, -0.15) is 5.10 Å². The highest BCUT2D eigenvalue weighted by atomic mass is 16.7. The van der Waals surface area contributed by atoms with E-state index in [1.54, 1.807) is 5.01 Å². The highest BCUT2D eigenvalue weighted by Crippen LogP contribution is 2.35. The Morgan fingerprint density at radius 1 is 1.06 bits per heavy atom. The summed E-state index contributed by atoms with van der Waals surface area (Å²) in [6, 6.07) is 14.3. The minimum absolute atomic E-state index is 0.0203. The van der Waals surface area contributed by atoms with Gasteiger partial charge in [-0.25, -0.2) is 5.01 Å². The number of aryl methyl sites for hydroxylation is 2. The fourth-order valence-electron chi connectivity index (χ4n) is 5.15. The third-order valence-corrected chi connectivity index (χ3v) is 7.37. The minimum Gasteiger partial charge on any atom is -0.494 e. The lowest BCUT2D eigenvalue weighted by molar-refractivity contribution is -0.186. The number of carbonyl (C=O) groups is 1. The maximum atomic E-state index is 13.6. The van der Waals surface area contributed by atoms with Gasteiger partial charge in [-0.1, -0.05) is 24.3 Å². The van der Waals surface area contributed by atoms with Crippen molar-refractivity contribution >= 4 is 11.6 Å². The summed E-state index contributed by atoms with van der Waals surface area (Å²) in [5.41, 5.74) is 5.57. The van der Waals surface area contributed by atoms with Crippen LogP contribution in [0, 0.1) is 13.8 Å². The zero-order valence-corrected chi connectivity index (χ0v) is 21.0. The van der Waals surface area contributed by atoms with Crippen LogP contribution in [0.5, 0.6) is 5.75 Å². The molecule has 2 aromatic carbocycles. The summed E-state index contributed by atoms with van der Waals surface area (Å²) in [4.78, 5) is 15.8. The first-order chi connectivity index (χ1) is 17.0. The summed E-state index contributed by atoms with van der Waals surface area (Å²) in [6.07, 6.45) is 2.27. The van der Waals surface area contributed by atoms with Crippen LogP contribution in [0.4, 0.5) is 0 Å². The van der Waals surface area contributed by atoms with Crippen LogP contribution in [-0.2, 0) is 14.3 Å². The van der Waals surface area contributed by atoms with Gasteiger partial charge in [-0.3, -0.25) is 9.69 Å². The lowest BCUT2D eigenvalue weighted by atomic mass is 9.96. The van der Waals surface area contributed by atoms with E-state index in [2.05, 4.69) is 36.9 Å². The van der Waals surface area contributed by atoms with E-state index in [1.807, 2.05) is 31.2 Å². The number of amides is 1. The Hall–Kier alpha value is -2.74. The van der Waals surface area contributed by atoms with Gasteiger partial charge in [0.05, 0.1) is 38.1 Å². The Kier molecular flexibility index (Phi) is 6.91.